The summed E-state index contributed by atoms with van der Waals surface area (Å²) in [6, 6.07) is 18.0. The van der Waals surface area contributed by atoms with Gasteiger partial charge in [-0.2, -0.15) is 4.31 Å². The van der Waals surface area contributed by atoms with E-state index in [9.17, 15) is 63.2 Å². The fourth-order valence-corrected chi connectivity index (χ4v) is 12.4. The van der Waals surface area contributed by atoms with Crippen LogP contribution in [0.15, 0.2) is 102 Å². The van der Waals surface area contributed by atoms with Crippen LogP contribution in [-0.2, 0) is 46.0 Å². The number of carboxylic acids is 1. The number of carboxylic acid groups (broad SMARTS) is 1. The van der Waals surface area contributed by atoms with E-state index in [0.717, 1.165) is 39.6 Å². The van der Waals surface area contributed by atoms with Gasteiger partial charge in [0.2, 0.25) is 5.91 Å². The third-order valence-corrected chi connectivity index (χ3v) is 17.2. The molecule has 1 aliphatic carbocycles. The van der Waals surface area contributed by atoms with Crippen LogP contribution in [0.3, 0.4) is 0 Å². The lowest BCUT2D eigenvalue weighted by Crippen LogP contribution is -2.34. The van der Waals surface area contributed by atoms with Gasteiger partial charge in [-0.15, -0.1) is 0 Å². The molecule has 1 fully saturated rings. The van der Waals surface area contributed by atoms with Crippen molar-refractivity contribution in [1.29, 1.82) is 0 Å². The van der Waals surface area contributed by atoms with Crippen molar-refractivity contribution in [2.45, 2.75) is 58.8 Å². The number of phosphoric acid groups is 2. The monoisotopic (exact) mass is 1350 g/mol. The van der Waals surface area contributed by atoms with Gasteiger partial charge >= 0.3 is 27.3 Å². The summed E-state index contributed by atoms with van der Waals surface area (Å²) in [5.41, 5.74) is 20.6. The Hall–Kier alpha value is -8.82. The van der Waals surface area contributed by atoms with E-state index in [1.54, 1.807) is 12.1 Å². The summed E-state index contributed by atoms with van der Waals surface area (Å²) < 4.78 is 72.8. The minimum Gasteiger partial charge on any atom is -0.491 e. The molecule has 494 valence electrons. The number of fused-ring (bicyclic) bond motifs is 2. The third-order valence-electron chi connectivity index (χ3n) is 13.3. The minimum absolute atomic E-state index is 0.00147. The lowest BCUT2D eigenvalue weighted by Gasteiger charge is -2.21. The number of phosphoric ester groups is 1. The molecule has 2 aliphatic heterocycles. The highest BCUT2D eigenvalue weighted by Gasteiger charge is 2.42. The van der Waals surface area contributed by atoms with Crippen LogP contribution in [0.1, 0.15) is 74.3 Å². The van der Waals surface area contributed by atoms with Crippen molar-refractivity contribution in [3.63, 3.8) is 0 Å². The molecule has 93 heavy (non-hydrogen) atoms. The molecule has 9 N–H and O–H groups in total. The summed E-state index contributed by atoms with van der Waals surface area (Å²) in [6.45, 7) is 7.14. The Balaban J connectivity index is 0.861. The first-order valence-corrected chi connectivity index (χ1v) is 32.8. The summed E-state index contributed by atoms with van der Waals surface area (Å²) in [5, 5.41) is 30.0. The molecule has 1 aromatic heterocycles. The fraction of sp³-hybridized carbons (Fsp3) is 0.375. The van der Waals surface area contributed by atoms with Gasteiger partial charge in [-0.3, -0.25) is 38.2 Å². The number of azide groups is 2. The Morgan fingerprint density at radius 1 is 0.935 bits per heavy atom. The van der Waals surface area contributed by atoms with Crippen molar-refractivity contribution in [3.05, 3.63) is 153 Å². The first-order valence-electron chi connectivity index (χ1n) is 28.1. The fourth-order valence-electron chi connectivity index (χ4n) is 9.27. The number of hydrogen-bond acceptors (Lipinski definition) is 22. The zero-order valence-electron chi connectivity index (χ0n) is 50.4. The molecule has 4 aromatic rings. The summed E-state index contributed by atoms with van der Waals surface area (Å²) in [5.74, 6) is 2.92. The van der Waals surface area contributed by atoms with E-state index < -0.39 is 104 Å². The smallest absolute Gasteiger partial charge is 0.486 e. The van der Waals surface area contributed by atoms with E-state index in [2.05, 4.69) is 71.8 Å². The molecule has 7 atom stereocenters. The van der Waals surface area contributed by atoms with Crippen LogP contribution in [0.2, 0.25) is 0 Å². The number of amides is 3. The number of anilines is 1. The molecule has 0 radical (unpaired) electrons. The molecule has 5 unspecified atom stereocenters. The van der Waals surface area contributed by atoms with Crippen molar-refractivity contribution < 1.29 is 89.3 Å². The van der Waals surface area contributed by atoms with Gasteiger partial charge in [0.1, 0.15) is 54.9 Å². The highest BCUT2D eigenvalue weighted by molar-refractivity contribution is 7.66. The Kier molecular flexibility index (Phi) is 25.9. The van der Waals surface area contributed by atoms with E-state index in [1.807, 2.05) is 52.0 Å². The van der Waals surface area contributed by atoms with Gasteiger partial charge in [0, 0.05) is 101 Å². The SMILES string of the molecule is CCN=c1cc2oc3cc(NCC)c(C)cc3c(-c3cc(C(=O)NCCNC(=O)c4cccc(OCC(N=[N+]=[N-])OCCOCC(=O)NCC#Cc5cn([C@H]6CC(OCN=[N+]=[N-])[C@@H](COP(=O)(O)OP(=O)(O)OP(C)O)O6)c(=O)[nH]c5=O)c4)ccc3C(=O)O)c-2cc1C. The lowest BCUT2D eigenvalue weighted by molar-refractivity contribution is -0.126. The number of nitrogens with one attached hydrogen (secondary N) is 5. The van der Waals surface area contributed by atoms with Gasteiger partial charge in [0.15, 0.2) is 14.6 Å². The Labute approximate surface area is 529 Å². The number of aromatic carboxylic acids is 1. The Morgan fingerprint density at radius 2 is 1.69 bits per heavy atom. The number of H-pyrrole nitrogens is 1. The van der Waals surface area contributed by atoms with Gasteiger partial charge in [-0.25, -0.2) is 23.0 Å². The average molecular weight is 1350 g/mol. The standard InChI is InChI=1S/C56H64N13O21P3/c1-6-59-42-24-44-40(20-32(42)3)51(41-21-33(4)43(60-7-2)25-45(41)87-44)39-23-35(13-14-38(39)55(74)75)53(72)63-17-16-62-52(71)34-10-8-12-37(22-34)84-30-49(66-68-58)83-19-18-82-29-48(70)61-15-9-11-36-27-69(56(76)65-54(36)73)50-26-46(85-31-64-67-57)47(88-50)28-86-92(78,79)90-93(80,81)89-91(5)77/h8,10,12-14,20-25,27,46-47,49-50,59,77H,6-7,15-19,26,28-31H2,1-5H3,(H,61,70)(H,62,71)(H,63,72)(H,74,75)(H,78,79)(H,80,81)(H,65,73,76)/t46?,47-,49?,50-,91?/m1/s1. The number of hydrogen-bond donors (Lipinski definition) is 9. The molecule has 1 saturated heterocycles. The minimum atomic E-state index is -5.35. The first kappa shape index (κ1) is 71.6. The molecule has 34 nitrogen and oxygen atoms in total. The largest absolute Gasteiger partial charge is 0.491 e. The number of ether oxygens (including phenoxy) is 5. The second kappa shape index (κ2) is 33.7. The molecule has 0 bridgehead atoms. The zero-order chi connectivity index (χ0) is 67.4. The van der Waals surface area contributed by atoms with E-state index in [4.69, 9.17) is 38.2 Å². The van der Waals surface area contributed by atoms with Gasteiger partial charge in [-0.1, -0.05) is 28.1 Å². The predicted octanol–water partition coefficient (Wildman–Crippen LogP) is 6.22. The highest BCUT2D eigenvalue weighted by atomic mass is 31.3. The number of benzene rings is 4. The molecule has 37 heteroatoms. The highest BCUT2D eigenvalue weighted by Crippen LogP contribution is 2.64. The van der Waals surface area contributed by atoms with Crippen LogP contribution >= 0.6 is 24.0 Å². The summed E-state index contributed by atoms with van der Waals surface area (Å²) in [7, 11) is -13.1. The number of aryl methyl sites for hydroxylation is 2. The topological polar surface area (TPSA) is 483 Å². The maximum atomic E-state index is 13.7. The van der Waals surface area contributed by atoms with Gasteiger partial charge in [0.25, 0.3) is 17.4 Å². The lowest BCUT2D eigenvalue weighted by atomic mass is 9.88. The Morgan fingerprint density at radius 3 is 2.39 bits per heavy atom. The van der Waals surface area contributed by atoms with Crippen LogP contribution in [0.25, 0.3) is 54.3 Å². The number of carbonyl (C=O) groups excluding carboxylic acids is 3. The molecule has 3 aliphatic rings. The first-order chi connectivity index (χ1) is 44.4. The van der Waals surface area contributed by atoms with Crippen molar-refractivity contribution in [1.82, 2.24) is 25.5 Å². The summed E-state index contributed by atoms with van der Waals surface area (Å²) >= 11 is 0. The maximum Gasteiger partial charge on any atom is 0.486 e. The van der Waals surface area contributed by atoms with Crippen LogP contribution in [0.5, 0.6) is 5.75 Å². The second-order valence-corrected chi connectivity index (χ2v) is 24.2. The molecular weight excluding hydrogens is 1280 g/mol. The van der Waals surface area contributed by atoms with Crippen molar-refractivity contribution >= 4 is 64.4 Å². The molecule has 3 aromatic carbocycles. The van der Waals surface area contributed by atoms with Gasteiger partial charge in [0.05, 0.1) is 43.4 Å². The quantitative estimate of drug-likeness (QED) is 0.00430. The maximum absolute atomic E-state index is 13.7. The van der Waals surface area contributed by atoms with Crippen LogP contribution in [0, 0.1) is 25.7 Å². The Bertz CT molecular complexity index is 4180. The molecular formula is C56H64N13O21P3. The van der Waals surface area contributed by atoms with E-state index >= 15 is 0 Å². The normalized spacial score (nSPS) is 16.5. The zero-order valence-corrected chi connectivity index (χ0v) is 53.1. The van der Waals surface area contributed by atoms with Crippen molar-refractivity contribution in [2.75, 3.05) is 84.5 Å². The van der Waals surface area contributed by atoms with Crippen molar-refractivity contribution in [3.8, 4) is 40.0 Å². The number of nitrogens with zero attached hydrogens (tertiary/aromatic N) is 8. The number of rotatable bonds is 32. The molecule has 0 spiro atoms. The van der Waals surface area contributed by atoms with Crippen molar-refractivity contribution in [2.24, 2.45) is 15.2 Å². The second-order valence-electron chi connectivity index (χ2n) is 19.9. The average Bonchev–Trinajstić information content (AvgIpc) is 1.19. The van der Waals surface area contributed by atoms with Crippen LogP contribution < -0.4 is 42.6 Å². The molecule has 7 rings (SSSR count). The van der Waals surface area contributed by atoms with E-state index in [0.29, 0.717) is 46.5 Å². The number of aromatic nitrogens is 2. The van der Waals surface area contributed by atoms with E-state index in [-0.39, 0.29) is 73.9 Å². The third kappa shape index (κ3) is 20.3. The number of carbonyl (C=O) groups is 4. The molecule has 3 heterocycles. The predicted molar refractivity (Wildman–Crippen MR) is 333 cm³/mol. The summed E-state index contributed by atoms with van der Waals surface area (Å²) in [4.78, 5) is 119. The van der Waals surface area contributed by atoms with Gasteiger partial charge < -0.3 is 69.2 Å². The van der Waals surface area contributed by atoms with Crippen LogP contribution in [-0.4, -0.2) is 151 Å². The van der Waals surface area contributed by atoms with Crippen LogP contribution in [0.4, 0.5) is 5.69 Å². The molecule has 3 amide bonds. The summed E-state index contributed by atoms with van der Waals surface area (Å²) in [6.07, 6.45) is -4.01. The molecule has 0 saturated carbocycles. The van der Waals surface area contributed by atoms with E-state index in [1.165, 1.54) is 30.3 Å². The van der Waals surface area contributed by atoms with Gasteiger partial charge in [-0.05, 0) is 104 Å². The number of aromatic amines is 1.